The Balaban J connectivity index is 1.54. The predicted octanol–water partition coefficient (Wildman–Crippen LogP) is -0.579. The SMILES string of the molecule is CO[C@@]1(NC(=O)C(N)c2ccc(O)cc2)C(=O)N2C(C(=O)O)=C(CSc3nnnn3C)CS[C@@H]21. The van der Waals surface area contributed by atoms with Crippen molar-refractivity contribution in [2.24, 2.45) is 12.8 Å². The van der Waals surface area contributed by atoms with Crippen LogP contribution in [0, 0.1) is 0 Å². The number of aromatic nitrogens is 4. The highest BCUT2D eigenvalue weighted by atomic mass is 32.2. The van der Waals surface area contributed by atoms with E-state index in [2.05, 4.69) is 20.8 Å². The fourth-order valence-electron chi connectivity index (χ4n) is 3.64. The van der Waals surface area contributed by atoms with Gasteiger partial charge in [0, 0.05) is 25.7 Å². The Morgan fingerprint density at radius 3 is 2.71 bits per heavy atom. The molecular formula is C19H21N7O6S2. The van der Waals surface area contributed by atoms with Crippen molar-refractivity contribution < 1.29 is 29.3 Å². The average molecular weight is 508 g/mol. The second-order valence-electron chi connectivity index (χ2n) is 7.47. The molecule has 2 aliphatic heterocycles. The van der Waals surface area contributed by atoms with Gasteiger partial charge in [0.1, 0.15) is 22.9 Å². The fourth-order valence-corrected chi connectivity index (χ4v) is 6.07. The second kappa shape index (κ2) is 9.25. The van der Waals surface area contributed by atoms with Crippen molar-refractivity contribution in [3.63, 3.8) is 0 Å². The largest absolute Gasteiger partial charge is 0.508 e. The molecule has 0 saturated carbocycles. The van der Waals surface area contributed by atoms with Crippen LogP contribution in [0.15, 0.2) is 40.7 Å². The van der Waals surface area contributed by atoms with Crippen LogP contribution in [-0.2, 0) is 26.2 Å². The Morgan fingerprint density at radius 1 is 1.41 bits per heavy atom. The first kappa shape index (κ1) is 24.0. The molecule has 180 valence electrons. The summed E-state index contributed by atoms with van der Waals surface area (Å²) in [4.78, 5) is 39.3. The number of thioether (sulfide) groups is 2. The lowest BCUT2D eigenvalue weighted by atomic mass is 9.97. The Morgan fingerprint density at radius 2 is 2.12 bits per heavy atom. The van der Waals surface area contributed by atoms with E-state index in [0.717, 1.165) is 4.90 Å². The summed E-state index contributed by atoms with van der Waals surface area (Å²) in [6.45, 7) is 0. The number of ether oxygens (including phenoxy) is 1. The predicted molar refractivity (Wildman–Crippen MR) is 120 cm³/mol. The number of hydrogen-bond donors (Lipinski definition) is 4. The van der Waals surface area contributed by atoms with Crippen LogP contribution >= 0.6 is 23.5 Å². The number of phenols is 1. The molecule has 0 radical (unpaired) electrons. The number of fused-ring (bicyclic) bond motifs is 1. The molecule has 5 N–H and O–H groups in total. The molecule has 3 atom stereocenters. The summed E-state index contributed by atoms with van der Waals surface area (Å²) < 4.78 is 6.90. The summed E-state index contributed by atoms with van der Waals surface area (Å²) in [5.74, 6) is -2.08. The molecule has 1 aromatic heterocycles. The van der Waals surface area contributed by atoms with Crippen molar-refractivity contribution >= 4 is 41.3 Å². The van der Waals surface area contributed by atoms with E-state index in [1.165, 1.54) is 59.6 Å². The first-order valence-electron chi connectivity index (χ1n) is 9.87. The molecule has 2 amide bonds. The molecule has 15 heteroatoms. The minimum Gasteiger partial charge on any atom is -0.508 e. The number of nitrogens with zero attached hydrogens (tertiary/aromatic N) is 5. The van der Waals surface area contributed by atoms with Crippen LogP contribution in [0.4, 0.5) is 0 Å². The molecule has 1 fully saturated rings. The number of carboxylic acids is 1. The normalized spacial score (nSPS) is 22.7. The third kappa shape index (κ3) is 4.00. The number of phenolic OH excluding ortho intramolecular Hbond substituents is 1. The van der Waals surface area contributed by atoms with Crippen LogP contribution in [0.2, 0.25) is 0 Å². The Hall–Kier alpha value is -3.14. The monoisotopic (exact) mass is 507 g/mol. The fraction of sp³-hybridized carbons (Fsp3) is 0.368. The lowest BCUT2D eigenvalue weighted by molar-refractivity contribution is -0.192. The van der Waals surface area contributed by atoms with Crippen molar-refractivity contribution in [1.29, 1.82) is 0 Å². The summed E-state index contributed by atoms with van der Waals surface area (Å²) in [5.41, 5.74) is 5.06. The summed E-state index contributed by atoms with van der Waals surface area (Å²) in [7, 11) is 2.93. The van der Waals surface area contributed by atoms with Crippen molar-refractivity contribution in [3.8, 4) is 5.75 Å². The highest BCUT2D eigenvalue weighted by Crippen LogP contribution is 2.47. The van der Waals surface area contributed by atoms with Crippen LogP contribution in [0.3, 0.4) is 0 Å². The number of amides is 2. The summed E-state index contributed by atoms with van der Waals surface area (Å²) in [6.07, 6.45) is 0. The van der Waals surface area contributed by atoms with Gasteiger partial charge < -0.3 is 26.0 Å². The molecule has 4 rings (SSSR count). The van der Waals surface area contributed by atoms with E-state index in [4.69, 9.17) is 10.5 Å². The van der Waals surface area contributed by atoms with Gasteiger partial charge in [-0.25, -0.2) is 9.48 Å². The van der Waals surface area contributed by atoms with E-state index < -0.39 is 34.9 Å². The van der Waals surface area contributed by atoms with Gasteiger partial charge in [-0.2, -0.15) is 0 Å². The average Bonchev–Trinajstić information content (AvgIpc) is 3.24. The number of nitrogens with two attached hydrogens (primary N) is 1. The molecule has 1 saturated heterocycles. The highest BCUT2D eigenvalue weighted by Gasteiger charge is 2.66. The highest BCUT2D eigenvalue weighted by molar-refractivity contribution is 8.01. The molecular weight excluding hydrogens is 486 g/mol. The first-order chi connectivity index (χ1) is 16.2. The molecule has 2 aromatic rings. The topological polar surface area (TPSA) is 186 Å². The zero-order valence-electron chi connectivity index (χ0n) is 18.0. The Labute approximate surface area is 201 Å². The summed E-state index contributed by atoms with van der Waals surface area (Å²) >= 11 is 2.52. The van der Waals surface area contributed by atoms with Gasteiger partial charge in [0.15, 0.2) is 0 Å². The van der Waals surface area contributed by atoms with Crippen LogP contribution in [0.1, 0.15) is 11.6 Å². The van der Waals surface area contributed by atoms with Crippen LogP contribution in [0.25, 0.3) is 0 Å². The van der Waals surface area contributed by atoms with Gasteiger partial charge in [-0.3, -0.25) is 14.5 Å². The molecule has 3 heterocycles. The van der Waals surface area contributed by atoms with Gasteiger partial charge in [-0.05, 0) is 33.7 Å². The van der Waals surface area contributed by atoms with Gasteiger partial charge in [-0.15, -0.1) is 16.9 Å². The van der Waals surface area contributed by atoms with Crippen LogP contribution in [-0.4, -0.2) is 82.8 Å². The number of benzene rings is 1. The number of aliphatic carboxylic acids is 1. The maximum atomic E-state index is 13.2. The minimum absolute atomic E-state index is 0.0190. The number of rotatable bonds is 8. The number of methoxy groups -OCH3 is 1. The maximum Gasteiger partial charge on any atom is 0.352 e. The number of carboxylic acid groups (broad SMARTS) is 1. The number of tetrazole rings is 1. The number of carbonyl (C=O) groups excluding carboxylic acids is 2. The van der Waals surface area contributed by atoms with E-state index in [9.17, 15) is 24.6 Å². The van der Waals surface area contributed by atoms with E-state index >= 15 is 0 Å². The lowest BCUT2D eigenvalue weighted by Crippen LogP contribution is -2.81. The number of aromatic hydroxyl groups is 1. The smallest absolute Gasteiger partial charge is 0.352 e. The molecule has 13 nitrogen and oxygen atoms in total. The molecule has 0 spiro atoms. The standard InChI is InChI=1S/C19H21N7O6S2/c1-25-18(22-23-24-25)34-8-10-7-33-17-19(32-2,16(31)26(17)13(10)15(29)30)21-14(28)12(20)9-3-5-11(27)6-4-9/h3-6,12,17,27H,7-8,20H2,1-2H3,(H,21,28)(H,29,30)/t12?,17-,19+/m1/s1. The number of aryl methyl sites for hydroxylation is 1. The zero-order chi connectivity index (χ0) is 24.6. The van der Waals surface area contributed by atoms with Crippen molar-refractivity contribution in [2.45, 2.75) is 22.3 Å². The molecule has 2 aliphatic rings. The summed E-state index contributed by atoms with van der Waals surface area (Å²) in [5, 5.41) is 32.7. The second-order valence-corrected chi connectivity index (χ2v) is 9.48. The minimum atomic E-state index is -1.76. The van der Waals surface area contributed by atoms with Gasteiger partial charge in [0.2, 0.25) is 11.1 Å². The molecule has 34 heavy (non-hydrogen) atoms. The number of hydrogen-bond acceptors (Lipinski definition) is 11. The van der Waals surface area contributed by atoms with Crippen LogP contribution in [0.5, 0.6) is 5.75 Å². The molecule has 1 unspecified atom stereocenters. The van der Waals surface area contributed by atoms with E-state index in [-0.39, 0.29) is 17.2 Å². The van der Waals surface area contributed by atoms with Gasteiger partial charge in [0.25, 0.3) is 11.6 Å². The van der Waals surface area contributed by atoms with Crippen molar-refractivity contribution in [2.75, 3.05) is 18.6 Å². The van der Waals surface area contributed by atoms with Crippen molar-refractivity contribution in [1.82, 2.24) is 30.4 Å². The first-order valence-corrected chi connectivity index (χ1v) is 11.9. The third-order valence-corrected chi connectivity index (χ3v) is 7.91. The van der Waals surface area contributed by atoms with Gasteiger partial charge >= 0.3 is 5.97 Å². The lowest BCUT2D eigenvalue weighted by Gasteiger charge is -2.56. The number of carbonyl (C=O) groups is 3. The molecule has 0 aliphatic carbocycles. The number of nitrogens with one attached hydrogen (secondary N) is 1. The zero-order valence-corrected chi connectivity index (χ0v) is 19.7. The number of β-lactam (4-membered cyclic amide) rings is 1. The quantitative estimate of drug-likeness (QED) is 0.203. The molecule has 1 aromatic carbocycles. The molecule has 0 bridgehead atoms. The maximum absolute atomic E-state index is 13.2. The van der Waals surface area contributed by atoms with Gasteiger partial charge in [-0.1, -0.05) is 23.9 Å². The summed E-state index contributed by atoms with van der Waals surface area (Å²) in [6, 6.07) is 4.63. The van der Waals surface area contributed by atoms with Gasteiger partial charge in [0.05, 0.1) is 0 Å². The van der Waals surface area contributed by atoms with E-state index in [1.807, 2.05) is 0 Å². The van der Waals surface area contributed by atoms with E-state index in [0.29, 0.717) is 22.0 Å². The van der Waals surface area contributed by atoms with Crippen molar-refractivity contribution in [3.05, 3.63) is 41.1 Å². The Bertz CT molecular complexity index is 1170. The Kier molecular flexibility index (Phi) is 6.53. The van der Waals surface area contributed by atoms with Crippen LogP contribution < -0.4 is 11.1 Å². The van der Waals surface area contributed by atoms with E-state index in [1.54, 1.807) is 7.05 Å². The third-order valence-electron chi connectivity index (χ3n) is 5.43.